The summed E-state index contributed by atoms with van der Waals surface area (Å²) in [4.78, 5) is 11.7. The third-order valence-electron chi connectivity index (χ3n) is 3.66. The van der Waals surface area contributed by atoms with E-state index in [0.717, 1.165) is 31.6 Å². The molecule has 0 fully saturated rings. The normalized spacial score (nSPS) is 12.6. The largest absolute Gasteiger partial charge is 0.300 e. The van der Waals surface area contributed by atoms with Crippen LogP contribution in [0.4, 0.5) is 0 Å². The van der Waals surface area contributed by atoms with Gasteiger partial charge in [0.15, 0.2) is 0 Å². The Labute approximate surface area is 108 Å². The molecule has 0 aromatic carbocycles. The summed E-state index contributed by atoms with van der Waals surface area (Å²) in [7, 11) is 0. The smallest absolute Gasteiger partial charge is 0.132 e. The Hall–Kier alpha value is -0.330. The van der Waals surface area contributed by atoms with Gasteiger partial charge in [0.05, 0.1) is 0 Å². The Morgan fingerprint density at radius 3 is 2.12 bits per heavy atom. The van der Waals surface area contributed by atoms with Gasteiger partial charge in [-0.1, -0.05) is 65.7 Å². The maximum absolute atomic E-state index is 11.7. The van der Waals surface area contributed by atoms with E-state index in [-0.39, 0.29) is 0 Å². The zero-order valence-electron chi connectivity index (χ0n) is 12.3. The summed E-state index contributed by atoms with van der Waals surface area (Å²) in [6.07, 6.45) is 12.8. The van der Waals surface area contributed by atoms with Gasteiger partial charge in [-0.3, -0.25) is 4.79 Å². The highest BCUT2D eigenvalue weighted by molar-refractivity contribution is 5.78. The van der Waals surface area contributed by atoms with E-state index in [4.69, 9.17) is 0 Å². The predicted molar refractivity (Wildman–Crippen MR) is 76.3 cm³/mol. The molecular weight excluding hydrogens is 208 g/mol. The van der Waals surface area contributed by atoms with Crippen LogP contribution in [0.5, 0.6) is 0 Å². The van der Waals surface area contributed by atoms with Crippen molar-refractivity contribution in [3.8, 4) is 0 Å². The summed E-state index contributed by atoms with van der Waals surface area (Å²) in [5.41, 5.74) is 0. The number of carbonyl (C=O) groups excluding carboxylic acids is 1. The number of Topliss-reactive ketones (excluding diaryl/α,β-unsaturated/α-hetero) is 1. The monoisotopic (exact) mass is 240 g/mol. The Kier molecular flexibility index (Phi) is 11.9. The van der Waals surface area contributed by atoms with Crippen LogP contribution in [-0.4, -0.2) is 5.78 Å². The van der Waals surface area contributed by atoms with Gasteiger partial charge in [-0.2, -0.15) is 0 Å². The Bertz CT molecular complexity index is 174. The topological polar surface area (TPSA) is 17.1 Å². The zero-order chi connectivity index (χ0) is 12.9. The fourth-order valence-electron chi connectivity index (χ4n) is 2.38. The molecule has 0 spiro atoms. The van der Waals surface area contributed by atoms with Crippen LogP contribution in [0.3, 0.4) is 0 Å². The van der Waals surface area contributed by atoms with E-state index >= 15 is 0 Å². The average molecular weight is 240 g/mol. The molecule has 0 N–H and O–H groups in total. The van der Waals surface area contributed by atoms with E-state index in [1.807, 2.05) is 0 Å². The molecule has 1 atom stereocenters. The second-order valence-corrected chi connectivity index (χ2v) is 5.30. The highest BCUT2D eigenvalue weighted by Crippen LogP contribution is 2.18. The van der Waals surface area contributed by atoms with Crippen LogP contribution in [0.25, 0.3) is 0 Å². The second kappa shape index (κ2) is 12.1. The first-order valence-corrected chi connectivity index (χ1v) is 7.76. The fourth-order valence-corrected chi connectivity index (χ4v) is 2.38. The molecule has 0 bridgehead atoms. The standard InChI is InChI=1S/C16H32O/c1-4-7-8-9-10-12-16(17)14-13-15(6-3)11-5-2/h15H,4-14H2,1-3H3. The minimum Gasteiger partial charge on any atom is -0.300 e. The van der Waals surface area contributed by atoms with Gasteiger partial charge in [0, 0.05) is 12.8 Å². The molecule has 0 amide bonds. The molecule has 102 valence electrons. The molecule has 0 aromatic heterocycles. The molecule has 0 radical (unpaired) electrons. The maximum Gasteiger partial charge on any atom is 0.132 e. The average Bonchev–Trinajstić information content (AvgIpc) is 2.34. The van der Waals surface area contributed by atoms with Crippen molar-refractivity contribution in [3.63, 3.8) is 0 Å². The summed E-state index contributed by atoms with van der Waals surface area (Å²) in [6, 6.07) is 0. The van der Waals surface area contributed by atoms with Crippen molar-refractivity contribution in [2.24, 2.45) is 5.92 Å². The first-order valence-electron chi connectivity index (χ1n) is 7.76. The zero-order valence-corrected chi connectivity index (χ0v) is 12.3. The molecule has 0 saturated heterocycles. The SMILES string of the molecule is CCCCCCCC(=O)CCC(CC)CCC. The number of hydrogen-bond donors (Lipinski definition) is 0. The molecule has 0 aromatic rings. The molecule has 17 heavy (non-hydrogen) atoms. The summed E-state index contributed by atoms with van der Waals surface area (Å²) >= 11 is 0. The van der Waals surface area contributed by atoms with Crippen molar-refractivity contribution < 1.29 is 4.79 Å². The summed E-state index contributed by atoms with van der Waals surface area (Å²) < 4.78 is 0. The van der Waals surface area contributed by atoms with Gasteiger partial charge >= 0.3 is 0 Å². The van der Waals surface area contributed by atoms with E-state index in [1.54, 1.807) is 0 Å². The van der Waals surface area contributed by atoms with Gasteiger partial charge in [-0.25, -0.2) is 0 Å². The van der Waals surface area contributed by atoms with Crippen molar-refractivity contribution in [1.29, 1.82) is 0 Å². The van der Waals surface area contributed by atoms with Crippen LogP contribution in [0.1, 0.15) is 91.4 Å². The number of rotatable bonds is 12. The molecule has 0 aliphatic heterocycles. The van der Waals surface area contributed by atoms with Crippen molar-refractivity contribution in [2.45, 2.75) is 91.4 Å². The van der Waals surface area contributed by atoms with Gasteiger partial charge in [-0.15, -0.1) is 0 Å². The van der Waals surface area contributed by atoms with Crippen LogP contribution >= 0.6 is 0 Å². The first-order chi connectivity index (χ1) is 8.24. The quantitative estimate of drug-likeness (QED) is 0.410. The summed E-state index contributed by atoms with van der Waals surface area (Å²) in [5.74, 6) is 1.28. The molecule has 1 nitrogen and oxygen atoms in total. The van der Waals surface area contributed by atoms with Crippen molar-refractivity contribution in [2.75, 3.05) is 0 Å². The minimum absolute atomic E-state index is 0.496. The second-order valence-electron chi connectivity index (χ2n) is 5.30. The van der Waals surface area contributed by atoms with E-state index < -0.39 is 0 Å². The van der Waals surface area contributed by atoms with Gasteiger partial charge in [0.2, 0.25) is 0 Å². The third-order valence-corrected chi connectivity index (χ3v) is 3.66. The number of hydrogen-bond acceptors (Lipinski definition) is 1. The highest BCUT2D eigenvalue weighted by atomic mass is 16.1. The Morgan fingerprint density at radius 1 is 0.824 bits per heavy atom. The van der Waals surface area contributed by atoms with Gasteiger partial charge in [-0.05, 0) is 18.8 Å². The highest BCUT2D eigenvalue weighted by Gasteiger charge is 2.08. The van der Waals surface area contributed by atoms with Gasteiger partial charge in [0.25, 0.3) is 0 Å². The Morgan fingerprint density at radius 2 is 1.53 bits per heavy atom. The lowest BCUT2D eigenvalue weighted by Gasteiger charge is -2.12. The van der Waals surface area contributed by atoms with Crippen molar-refractivity contribution >= 4 is 5.78 Å². The molecular formula is C16H32O. The minimum atomic E-state index is 0.496. The fraction of sp³-hybridized carbons (Fsp3) is 0.938. The van der Waals surface area contributed by atoms with Crippen LogP contribution in [0, 0.1) is 5.92 Å². The van der Waals surface area contributed by atoms with Crippen LogP contribution < -0.4 is 0 Å². The predicted octanol–water partition coefficient (Wildman–Crippen LogP) is 5.52. The maximum atomic E-state index is 11.7. The lowest BCUT2D eigenvalue weighted by molar-refractivity contribution is -0.119. The van der Waals surface area contributed by atoms with Crippen molar-refractivity contribution in [1.82, 2.24) is 0 Å². The van der Waals surface area contributed by atoms with E-state index in [9.17, 15) is 4.79 Å². The lowest BCUT2D eigenvalue weighted by atomic mass is 9.93. The number of unbranched alkanes of at least 4 members (excludes halogenated alkanes) is 4. The molecule has 0 saturated carbocycles. The molecule has 0 aliphatic rings. The third kappa shape index (κ3) is 10.5. The van der Waals surface area contributed by atoms with E-state index in [2.05, 4.69) is 20.8 Å². The Balaban J connectivity index is 3.44. The van der Waals surface area contributed by atoms with Crippen molar-refractivity contribution in [3.05, 3.63) is 0 Å². The summed E-state index contributed by atoms with van der Waals surface area (Å²) in [5, 5.41) is 0. The van der Waals surface area contributed by atoms with Crippen LogP contribution in [-0.2, 0) is 4.79 Å². The molecule has 0 aliphatic carbocycles. The van der Waals surface area contributed by atoms with E-state index in [0.29, 0.717) is 5.78 Å². The van der Waals surface area contributed by atoms with Gasteiger partial charge < -0.3 is 0 Å². The molecule has 0 rings (SSSR count). The van der Waals surface area contributed by atoms with Crippen LogP contribution in [0.15, 0.2) is 0 Å². The molecule has 1 unspecified atom stereocenters. The van der Waals surface area contributed by atoms with E-state index in [1.165, 1.54) is 44.9 Å². The number of carbonyl (C=O) groups is 1. The lowest BCUT2D eigenvalue weighted by Crippen LogP contribution is -2.04. The van der Waals surface area contributed by atoms with Crippen LogP contribution in [0.2, 0.25) is 0 Å². The van der Waals surface area contributed by atoms with Gasteiger partial charge in [0.1, 0.15) is 5.78 Å². The molecule has 1 heteroatoms. The first kappa shape index (κ1) is 16.7. The summed E-state index contributed by atoms with van der Waals surface area (Å²) in [6.45, 7) is 6.71. The molecule has 0 heterocycles. The number of ketones is 1.